The van der Waals surface area contributed by atoms with Crippen molar-refractivity contribution in [1.29, 1.82) is 0 Å². The Hall–Kier alpha value is -0.470. The quantitative estimate of drug-likeness (QED) is 0.861. The van der Waals surface area contributed by atoms with Gasteiger partial charge in [-0.3, -0.25) is 0 Å². The average molecular weight is 261 g/mol. The number of hydrogen-bond acceptors (Lipinski definition) is 2. The summed E-state index contributed by atoms with van der Waals surface area (Å²) in [6.07, 6.45) is 9.13. The number of hydrogen-bond donors (Lipinski definition) is 1. The van der Waals surface area contributed by atoms with Gasteiger partial charge in [0.15, 0.2) is 0 Å². The van der Waals surface area contributed by atoms with Crippen molar-refractivity contribution in [1.82, 2.24) is 5.32 Å². The zero-order valence-corrected chi connectivity index (χ0v) is 12.0. The van der Waals surface area contributed by atoms with Crippen LogP contribution in [0.2, 0.25) is 0 Å². The summed E-state index contributed by atoms with van der Waals surface area (Å²) < 4.78 is 0. The molecular formula is C16H23NS. The number of benzene rings is 1. The third kappa shape index (κ3) is 3.10. The minimum atomic E-state index is 0.743. The molecule has 0 aromatic heterocycles. The second-order valence-corrected chi connectivity index (χ2v) is 6.91. The Morgan fingerprint density at radius 1 is 1.22 bits per heavy atom. The Kier molecular flexibility index (Phi) is 3.95. The van der Waals surface area contributed by atoms with Gasteiger partial charge in [0.1, 0.15) is 0 Å². The summed E-state index contributed by atoms with van der Waals surface area (Å²) in [5.74, 6) is 0.873. The Balaban J connectivity index is 1.52. The van der Waals surface area contributed by atoms with Crippen molar-refractivity contribution in [3.8, 4) is 0 Å². The summed E-state index contributed by atoms with van der Waals surface area (Å²) in [5, 5.41) is 4.62. The van der Waals surface area contributed by atoms with E-state index in [-0.39, 0.29) is 0 Å². The van der Waals surface area contributed by atoms with Crippen molar-refractivity contribution in [2.75, 3.05) is 6.26 Å². The molecule has 18 heavy (non-hydrogen) atoms. The topological polar surface area (TPSA) is 12.0 Å². The van der Waals surface area contributed by atoms with Crippen molar-refractivity contribution in [3.05, 3.63) is 35.4 Å². The van der Waals surface area contributed by atoms with E-state index in [4.69, 9.17) is 0 Å². The van der Waals surface area contributed by atoms with Gasteiger partial charge in [0.2, 0.25) is 0 Å². The predicted molar refractivity (Wildman–Crippen MR) is 80.2 cm³/mol. The molecule has 2 aliphatic rings. The average Bonchev–Trinajstić information content (AvgIpc) is 3.16. The lowest BCUT2D eigenvalue weighted by Crippen LogP contribution is -2.26. The van der Waals surface area contributed by atoms with Gasteiger partial charge >= 0.3 is 0 Å². The van der Waals surface area contributed by atoms with E-state index in [1.807, 2.05) is 11.8 Å². The lowest BCUT2D eigenvalue weighted by molar-refractivity contribution is 0.525. The van der Waals surface area contributed by atoms with Crippen LogP contribution in [0.25, 0.3) is 0 Å². The molecule has 1 nitrogen and oxygen atoms in total. The SMILES string of the molecule is CSC1CCC(NCc2cccc(C3CC3)c2)C1. The second-order valence-electron chi connectivity index (χ2n) is 5.77. The standard InChI is InChI=1S/C16H23NS/c1-18-16-8-7-15(10-16)17-11-12-3-2-4-14(9-12)13-5-6-13/h2-4,9,13,15-17H,5-8,10-11H2,1H3. The van der Waals surface area contributed by atoms with Gasteiger partial charge in [-0.25, -0.2) is 0 Å². The molecule has 1 aromatic carbocycles. The first-order chi connectivity index (χ1) is 8.85. The molecule has 0 spiro atoms. The molecule has 0 bridgehead atoms. The van der Waals surface area contributed by atoms with Crippen LogP contribution in [0.3, 0.4) is 0 Å². The van der Waals surface area contributed by atoms with Crippen molar-refractivity contribution in [2.45, 2.75) is 55.9 Å². The Morgan fingerprint density at radius 3 is 2.83 bits per heavy atom. The zero-order chi connectivity index (χ0) is 12.4. The fourth-order valence-corrected chi connectivity index (χ4v) is 3.77. The van der Waals surface area contributed by atoms with Crippen LogP contribution < -0.4 is 5.32 Å². The first-order valence-corrected chi connectivity index (χ1v) is 8.49. The highest BCUT2D eigenvalue weighted by molar-refractivity contribution is 7.99. The second kappa shape index (κ2) is 5.66. The molecule has 1 aromatic rings. The molecule has 98 valence electrons. The van der Waals surface area contributed by atoms with Gasteiger partial charge in [-0.1, -0.05) is 24.3 Å². The number of rotatable bonds is 5. The van der Waals surface area contributed by atoms with E-state index in [1.54, 1.807) is 5.56 Å². The lowest BCUT2D eigenvalue weighted by Gasteiger charge is -2.13. The van der Waals surface area contributed by atoms with Crippen molar-refractivity contribution >= 4 is 11.8 Å². The normalized spacial score (nSPS) is 27.6. The maximum atomic E-state index is 3.74. The molecule has 0 amide bonds. The third-order valence-corrected chi connectivity index (χ3v) is 5.41. The van der Waals surface area contributed by atoms with Crippen LogP contribution >= 0.6 is 11.8 Å². The fraction of sp³-hybridized carbons (Fsp3) is 0.625. The van der Waals surface area contributed by atoms with Crippen LogP contribution in [-0.4, -0.2) is 17.5 Å². The highest BCUT2D eigenvalue weighted by Crippen LogP contribution is 2.40. The molecule has 0 heterocycles. The first-order valence-electron chi connectivity index (χ1n) is 7.20. The van der Waals surface area contributed by atoms with Crippen LogP contribution in [0.1, 0.15) is 49.1 Å². The van der Waals surface area contributed by atoms with Crippen molar-refractivity contribution in [2.24, 2.45) is 0 Å². The Labute approximate surface area is 115 Å². The molecule has 0 saturated heterocycles. The Morgan fingerprint density at radius 2 is 2.11 bits per heavy atom. The maximum Gasteiger partial charge on any atom is 0.0208 e. The molecular weight excluding hydrogens is 238 g/mol. The molecule has 3 rings (SSSR count). The summed E-state index contributed by atoms with van der Waals surface area (Å²) in [7, 11) is 0. The van der Waals surface area contributed by atoms with Gasteiger partial charge in [-0.2, -0.15) is 11.8 Å². The van der Waals surface area contributed by atoms with E-state index >= 15 is 0 Å². The highest BCUT2D eigenvalue weighted by Gasteiger charge is 2.24. The van der Waals surface area contributed by atoms with Crippen LogP contribution in [0.5, 0.6) is 0 Å². The van der Waals surface area contributed by atoms with Crippen LogP contribution in [0.4, 0.5) is 0 Å². The van der Waals surface area contributed by atoms with Gasteiger partial charge in [0.05, 0.1) is 0 Å². The van der Waals surface area contributed by atoms with Gasteiger partial charge in [-0.05, 0) is 55.4 Å². The van der Waals surface area contributed by atoms with E-state index in [0.717, 1.165) is 23.8 Å². The van der Waals surface area contributed by atoms with Gasteiger partial charge in [0, 0.05) is 17.8 Å². The third-order valence-electron chi connectivity index (χ3n) is 4.31. The monoisotopic (exact) mass is 261 g/mol. The molecule has 2 heteroatoms. The van der Waals surface area contributed by atoms with Crippen LogP contribution in [0.15, 0.2) is 24.3 Å². The zero-order valence-electron chi connectivity index (χ0n) is 11.2. The van der Waals surface area contributed by atoms with Gasteiger partial charge in [0.25, 0.3) is 0 Å². The maximum absolute atomic E-state index is 3.74. The minimum Gasteiger partial charge on any atom is -0.310 e. The van der Waals surface area contributed by atoms with Gasteiger partial charge in [-0.15, -0.1) is 0 Å². The molecule has 2 unspecified atom stereocenters. The van der Waals surface area contributed by atoms with Crippen LogP contribution in [0, 0.1) is 0 Å². The number of thioether (sulfide) groups is 1. The van der Waals surface area contributed by atoms with Crippen molar-refractivity contribution in [3.63, 3.8) is 0 Å². The lowest BCUT2D eigenvalue weighted by atomic mass is 10.1. The first kappa shape index (κ1) is 12.6. The fourth-order valence-electron chi connectivity index (χ4n) is 2.98. The summed E-state index contributed by atoms with van der Waals surface area (Å²) in [5.41, 5.74) is 3.02. The predicted octanol–water partition coefficient (Wildman–Crippen LogP) is 3.94. The largest absolute Gasteiger partial charge is 0.310 e. The van der Waals surface area contributed by atoms with E-state index in [9.17, 15) is 0 Å². The van der Waals surface area contributed by atoms with Gasteiger partial charge < -0.3 is 5.32 Å². The van der Waals surface area contributed by atoms with E-state index in [0.29, 0.717) is 0 Å². The highest BCUT2D eigenvalue weighted by atomic mass is 32.2. The minimum absolute atomic E-state index is 0.743. The number of nitrogens with one attached hydrogen (secondary N) is 1. The van der Waals surface area contributed by atoms with Crippen molar-refractivity contribution < 1.29 is 0 Å². The smallest absolute Gasteiger partial charge is 0.0208 e. The summed E-state index contributed by atoms with van der Waals surface area (Å²) in [6, 6.07) is 9.93. The summed E-state index contributed by atoms with van der Waals surface area (Å²) in [6.45, 7) is 1.05. The molecule has 2 aliphatic carbocycles. The molecule has 2 fully saturated rings. The molecule has 2 saturated carbocycles. The Bertz CT molecular complexity index is 400. The van der Waals surface area contributed by atoms with E-state index in [1.165, 1.54) is 37.7 Å². The van der Waals surface area contributed by atoms with Crippen LogP contribution in [-0.2, 0) is 6.54 Å². The van der Waals surface area contributed by atoms with E-state index < -0.39 is 0 Å². The summed E-state index contributed by atoms with van der Waals surface area (Å²) in [4.78, 5) is 0. The molecule has 0 aliphatic heterocycles. The molecule has 2 atom stereocenters. The molecule has 0 radical (unpaired) electrons. The summed E-state index contributed by atoms with van der Waals surface area (Å²) >= 11 is 2.03. The van der Waals surface area contributed by atoms with E-state index in [2.05, 4.69) is 35.8 Å². The molecule has 1 N–H and O–H groups in total.